The van der Waals surface area contributed by atoms with Gasteiger partial charge < -0.3 is 15.5 Å². The maximum Gasteiger partial charge on any atom is 0.191 e. The number of nitrogens with zero attached hydrogens (tertiary/aromatic N) is 2. The molecule has 0 bridgehead atoms. The van der Waals surface area contributed by atoms with Gasteiger partial charge in [0.2, 0.25) is 0 Å². The number of piperidine rings is 1. The van der Waals surface area contributed by atoms with Crippen LogP contribution in [-0.2, 0) is 0 Å². The minimum atomic E-state index is -0.454. The molecule has 2 saturated carbocycles. The summed E-state index contributed by atoms with van der Waals surface area (Å²) in [6.45, 7) is 2.29. The molecule has 1 saturated heterocycles. The van der Waals surface area contributed by atoms with E-state index in [1.54, 1.807) is 7.05 Å². The highest BCUT2D eigenvalue weighted by atomic mass is 19.1. The Morgan fingerprint density at radius 1 is 1.08 bits per heavy atom. The van der Waals surface area contributed by atoms with Crippen molar-refractivity contribution in [2.24, 2.45) is 4.99 Å². The van der Waals surface area contributed by atoms with Gasteiger partial charge in [-0.1, -0.05) is 6.07 Å². The minimum absolute atomic E-state index is 0.0455. The van der Waals surface area contributed by atoms with Gasteiger partial charge in [0.05, 0.1) is 0 Å². The van der Waals surface area contributed by atoms with Crippen LogP contribution in [0.4, 0.5) is 8.78 Å². The van der Waals surface area contributed by atoms with Gasteiger partial charge in [0.25, 0.3) is 0 Å². The zero-order valence-electron chi connectivity index (χ0n) is 14.6. The number of nitrogens with one attached hydrogen (secondary N) is 2. The fourth-order valence-corrected chi connectivity index (χ4v) is 3.93. The quantitative estimate of drug-likeness (QED) is 0.649. The van der Waals surface area contributed by atoms with Gasteiger partial charge in [-0.15, -0.1) is 0 Å². The Hall–Kier alpha value is -1.69. The van der Waals surface area contributed by atoms with Gasteiger partial charge in [-0.3, -0.25) is 4.99 Å². The van der Waals surface area contributed by atoms with Crippen LogP contribution in [0.1, 0.15) is 43.6 Å². The average molecular weight is 348 g/mol. The van der Waals surface area contributed by atoms with Crippen LogP contribution in [0.5, 0.6) is 0 Å². The summed E-state index contributed by atoms with van der Waals surface area (Å²) in [5.41, 5.74) is 0.202. The topological polar surface area (TPSA) is 39.7 Å². The van der Waals surface area contributed by atoms with Crippen molar-refractivity contribution >= 4 is 5.96 Å². The number of hydrogen-bond acceptors (Lipinski definition) is 2. The molecular formula is C19H26F2N4. The van der Waals surface area contributed by atoms with E-state index < -0.39 is 11.6 Å². The standard InChI is InChI=1S/C19H26F2N4/c1-22-19(23-12-7-9-25(10-8-12)13-5-6-13)24-17-11-14(17)18-15(20)3-2-4-16(18)21/h2-4,12-14,17H,5-11H2,1H3,(H2,22,23,24). The van der Waals surface area contributed by atoms with Crippen molar-refractivity contribution < 1.29 is 8.78 Å². The first-order valence-corrected chi connectivity index (χ1v) is 9.33. The van der Waals surface area contributed by atoms with E-state index in [4.69, 9.17) is 0 Å². The lowest BCUT2D eigenvalue weighted by atomic mass is 10.1. The monoisotopic (exact) mass is 348 g/mol. The van der Waals surface area contributed by atoms with Gasteiger partial charge >= 0.3 is 0 Å². The van der Waals surface area contributed by atoms with Crippen molar-refractivity contribution in [3.63, 3.8) is 0 Å². The summed E-state index contributed by atoms with van der Waals surface area (Å²) in [5, 5.41) is 6.81. The predicted octanol–water partition coefficient (Wildman–Crippen LogP) is 2.61. The van der Waals surface area contributed by atoms with Gasteiger partial charge in [0.15, 0.2) is 5.96 Å². The third kappa shape index (κ3) is 3.78. The fraction of sp³-hybridized carbons (Fsp3) is 0.632. The molecule has 25 heavy (non-hydrogen) atoms. The fourth-order valence-electron chi connectivity index (χ4n) is 3.93. The molecule has 1 heterocycles. The highest BCUT2D eigenvalue weighted by molar-refractivity contribution is 5.80. The molecule has 0 amide bonds. The van der Waals surface area contributed by atoms with E-state index in [2.05, 4.69) is 20.5 Å². The lowest BCUT2D eigenvalue weighted by Gasteiger charge is -2.33. The van der Waals surface area contributed by atoms with Crippen LogP contribution in [0.25, 0.3) is 0 Å². The molecule has 0 radical (unpaired) electrons. The predicted molar refractivity (Wildman–Crippen MR) is 94.8 cm³/mol. The van der Waals surface area contributed by atoms with Crippen LogP contribution >= 0.6 is 0 Å². The number of likely N-dealkylation sites (tertiary alicyclic amines) is 1. The van der Waals surface area contributed by atoms with Crippen LogP contribution in [0.15, 0.2) is 23.2 Å². The molecule has 2 aliphatic carbocycles. The summed E-state index contributed by atoms with van der Waals surface area (Å²) in [7, 11) is 1.75. The van der Waals surface area contributed by atoms with Crippen LogP contribution < -0.4 is 10.6 Å². The van der Waals surface area contributed by atoms with Crippen molar-refractivity contribution in [2.45, 2.75) is 56.1 Å². The summed E-state index contributed by atoms with van der Waals surface area (Å²) in [5.74, 6) is -0.278. The van der Waals surface area contributed by atoms with Crippen LogP contribution in [0.2, 0.25) is 0 Å². The Morgan fingerprint density at radius 2 is 1.76 bits per heavy atom. The first-order valence-electron chi connectivity index (χ1n) is 9.33. The van der Waals surface area contributed by atoms with Crippen LogP contribution in [0.3, 0.4) is 0 Å². The molecule has 2 unspecified atom stereocenters. The number of benzene rings is 1. The Morgan fingerprint density at radius 3 is 2.36 bits per heavy atom. The van der Waals surface area contributed by atoms with Gasteiger partial charge in [-0.05, 0) is 44.2 Å². The van der Waals surface area contributed by atoms with Crippen molar-refractivity contribution in [1.29, 1.82) is 0 Å². The van der Waals surface area contributed by atoms with E-state index >= 15 is 0 Å². The maximum absolute atomic E-state index is 13.9. The SMILES string of the molecule is CN=C(NC1CCN(C2CC2)CC1)NC1CC1c1c(F)cccc1F. The van der Waals surface area contributed by atoms with Gasteiger partial charge in [0.1, 0.15) is 11.6 Å². The lowest BCUT2D eigenvalue weighted by Crippen LogP contribution is -2.49. The minimum Gasteiger partial charge on any atom is -0.354 e. The maximum atomic E-state index is 13.9. The van der Waals surface area contributed by atoms with Gasteiger partial charge in [0, 0.05) is 49.7 Å². The average Bonchev–Trinajstić information content (AvgIpc) is 3.51. The Labute approximate surface area is 147 Å². The summed E-state index contributed by atoms with van der Waals surface area (Å²) >= 11 is 0. The van der Waals surface area contributed by atoms with Crippen molar-refractivity contribution in [3.05, 3.63) is 35.4 Å². The van der Waals surface area contributed by atoms with Gasteiger partial charge in [-0.25, -0.2) is 8.78 Å². The van der Waals surface area contributed by atoms with E-state index in [9.17, 15) is 8.78 Å². The number of rotatable bonds is 4. The third-order valence-corrected chi connectivity index (χ3v) is 5.64. The second-order valence-electron chi connectivity index (χ2n) is 7.49. The molecule has 2 N–H and O–H groups in total. The molecule has 2 atom stereocenters. The molecule has 4 rings (SSSR count). The molecule has 1 aromatic rings. The largest absolute Gasteiger partial charge is 0.354 e. The second-order valence-corrected chi connectivity index (χ2v) is 7.49. The molecule has 0 aromatic heterocycles. The van der Waals surface area contributed by atoms with Gasteiger partial charge in [-0.2, -0.15) is 0 Å². The van der Waals surface area contributed by atoms with Crippen LogP contribution in [0, 0.1) is 11.6 Å². The number of hydrogen-bond donors (Lipinski definition) is 2. The number of guanidine groups is 1. The summed E-state index contributed by atoms with van der Waals surface area (Å²) in [6.07, 6.45) is 5.69. The van der Waals surface area contributed by atoms with Crippen molar-refractivity contribution in [2.75, 3.05) is 20.1 Å². The normalized spacial score (nSPS) is 28.0. The molecule has 6 heteroatoms. The molecular weight excluding hydrogens is 322 g/mol. The van der Waals surface area contributed by atoms with E-state index in [1.807, 2.05) is 0 Å². The Kier molecular flexibility index (Phi) is 4.63. The summed E-state index contributed by atoms with van der Waals surface area (Å²) in [4.78, 5) is 6.88. The Bertz CT molecular complexity index is 631. The molecule has 136 valence electrons. The second kappa shape index (κ2) is 6.90. The Balaban J connectivity index is 1.29. The summed E-state index contributed by atoms with van der Waals surface area (Å²) in [6, 6.07) is 5.37. The highest BCUT2D eigenvalue weighted by Gasteiger charge is 2.42. The van der Waals surface area contributed by atoms with E-state index in [0.29, 0.717) is 6.04 Å². The van der Waals surface area contributed by atoms with E-state index in [-0.39, 0.29) is 17.5 Å². The highest BCUT2D eigenvalue weighted by Crippen LogP contribution is 2.43. The first-order chi connectivity index (χ1) is 12.2. The molecule has 4 nitrogen and oxygen atoms in total. The van der Waals surface area contributed by atoms with Crippen LogP contribution in [-0.4, -0.2) is 49.1 Å². The number of aliphatic imine (C=N–C) groups is 1. The molecule has 0 spiro atoms. The first kappa shape index (κ1) is 16.8. The summed E-state index contributed by atoms with van der Waals surface area (Å²) < 4.78 is 27.8. The lowest BCUT2D eigenvalue weighted by molar-refractivity contribution is 0.197. The smallest absolute Gasteiger partial charge is 0.191 e. The van der Waals surface area contributed by atoms with Crippen molar-refractivity contribution in [3.8, 4) is 0 Å². The molecule has 3 fully saturated rings. The molecule has 1 aromatic carbocycles. The number of halogens is 2. The third-order valence-electron chi connectivity index (χ3n) is 5.64. The molecule has 1 aliphatic heterocycles. The van der Waals surface area contributed by atoms with E-state index in [1.165, 1.54) is 31.0 Å². The zero-order valence-corrected chi connectivity index (χ0v) is 14.6. The van der Waals surface area contributed by atoms with Crippen molar-refractivity contribution in [1.82, 2.24) is 15.5 Å². The van der Waals surface area contributed by atoms with E-state index in [0.717, 1.165) is 44.4 Å². The zero-order chi connectivity index (χ0) is 17.4. The molecule has 3 aliphatic rings.